The Labute approximate surface area is 241 Å². The second-order valence-corrected chi connectivity index (χ2v) is 14.3. The van der Waals surface area contributed by atoms with Crippen molar-refractivity contribution in [1.29, 1.82) is 0 Å². The minimum Gasteiger partial charge on any atom is -0.461 e. The molecule has 3 aliphatic rings. The van der Waals surface area contributed by atoms with Crippen LogP contribution in [0, 0.1) is 23.2 Å². The number of rotatable bonds is 13. The van der Waals surface area contributed by atoms with Gasteiger partial charge in [0.25, 0.3) is 0 Å². The molecule has 3 heterocycles. The molecule has 3 rings (SSSR count). The van der Waals surface area contributed by atoms with Crippen molar-refractivity contribution in [2.24, 2.45) is 23.2 Å². The predicted molar refractivity (Wildman–Crippen MR) is 155 cm³/mol. The third kappa shape index (κ3) is 5.50. The van der Waals surface area contributed by atoms with Crippen molar-refractivity contribution in [1.82, 2.24) is 9.80 Å². The second kappa shape index (κ2) is 11.6. The number of aliphatic hydroxyl groups is 1. The quantitative estimate of drug-likeness (QED) is 0.263. The summed E-state index contributed by atoms with van der Waals surface area (Å²) in [7, 11) is 0. The molecule has 1 spiro atoms. The zero-order valence-corrected chi connectivity index (χ0v) is 26.0. The van der Waals surface area contributed by atoms with Gasteiger partial charge in [-0.2, -0.15) is 0 Å². The molecule has 0 radical (unpaired) electrons. The van der Waals surface area contributed by atoms with Crippen molar-refractivity contribution in [3.8, 4) is 0 Å². The maximum absolute atomic E-state index is 14.9. The second-order valence-electron chi connectivity index (χ2n) is 14.3. The monoisotopic (exact) mass is 560 g/mol. The van der Waals surface area contributed by atoms with Gasteiger partial charge in [0.1, 0.15) is 24.2 Å². The fourth-order valence-electron chi connectivity index (χ4n) is 8.04. The molecule has 1 N–H and O–H groups in total. The molecular formula is C32H52N2O6. The highest BCUT2D eigenvalue weighted by atomic mass is 16.6. The third-order valence-corrected chi connectivity index (χ3v) is 9.07. The zero-order valence-electron chi connectivity index (χ0n) is 26.0. The highest BCUT2D eigenvalue weighted by Crippen LogP contribution is 2.65. The molecule has 2 unspecified atom stereocenters. The Morgan fingerprint density at radius 2 is 1.85 bits per heavy atom. The summed E-state index contributed by atoms with van der Waals surface area (Å²) in [5, 5.41) is 10.5. The molecule has 0 saturated carbocycles. The summed E-state index contributed by atoms with van der Waals surface area (Å²) in [4.78, 5) is 46.3. The minimum atomic E-state index is -1.18. The number of nitrogens with zero attached hydrogens (tertiary/aromatic N) is 2. The number of amides is 2. The first-order chi connectivity index (χ1) is 18.6. The van der Waals surface area contributed by atoms with Gasteiger partial charge < -0.3 is 24.4 Å². The van der Waals surface area contributed by atoms with Gasteiger partial charge in [0.2, 0.25) is 11.8 Å². The van der Waals surface area contributed by atoms with Crippen LogP contribution in [0.15, 0.2) is 25.3 Å². The van der Waals surface area contributed by atoms with Gasteiger partial charge >= 0.3 is 5.97 Å². The third-order valence-electron chi connectivity index (χ3n) is 9.07. The highest BCUT2D eigenvalue weighted by Gasteiger charge is 2.79. The number of hydrogen-bond donors (Lipinski definition) is 1. The van der Waals surface area contributed by atoms with E-state index < -0.39 is 46.6 Å². The number of carbonyl (C=O) groups excluding carboxylic acids is 3. The number of fused-ring (bicyclic) bond motifs is 1. The number of likely N-dealkylation sites (tertiary alicyclic amines) is 1. The largest absolute Gasteiger partial charge is 0.461 e. The minimum absolute atomic E-state index is 0.0375. The SMILES string of the molecule is C=CCOC(=O)[C@@H]1[C@H]2C(=O)N([C@@H](CO)CC(C)C)C(C(=O)N(CC=C)C(C)(C)CC(C)(C)C)C23CC[C@@]1(CC)O3. The fraction of sp³-hybridized carbons (Fsp3) is 0.781. The van der Waals surface area contributed by atoms with Crippen molar-refractivity contribution in [2.75, 3.05) is 19.8 Å². The normalized spacial score (nSPS) is 30.4. The lowest BCUT2D eigenvalue weighted by Crippen LogP contribution is -2.62. The van der Waals surface area contributed by atoms with Gasteiger partial charge in [0.05, 0.1) is 24.2 Å². The number of aliphatic hydroxyl groups excluding tert-OH is 1. The van der Waals surface area contributed by atoms with Gasteiger partial charge in [0, 0.05) is 12.1 Å². The van der Waals surface area contributed by atoms with E-state index in [0.717, 1.165) is 6.42 Å². The summed E-state index contributed by atoms with van der Waals surface area (Å²) >= 11 is 0. The smallest absolute Gasteiger partial charge is 0.313 e. The maximum Gasteiger partial charge on any atom is 0.313 e. The van der Waals surface area contributed by atoms with Gasteiger partial charge in [-0.1, -0.05) is 60.3 Å². The van der Waals surface area contributed by atoms with Gasteiger partial charge in [0.15, 0.2) is 0 Å². The molecule has 6 atom stereocenters. The van der Waals surface area contributed by atoms with Crippen LogP contribution in [0.5, 0.6) is 0 Å². The van der Waals surface area contributed by atoms with Crippen LogP contribution in [-0.4, -0.2) is 81.3 Å². The van der Waals surface area contributed by atoms with Gasteiger partial charge in [-0.3, -0.25) is 14.4 Å². The molecular weight excluding hydrogens is 508 g/mol. The van der Waals surface area contributed by atoms with Crippen LogP contribution in [0.1, 0.15) is 87.5 Å². The first kappa shape index (κ1) is 32.3. The summed E-state index contributed by atoms with van der Waals surface area (Å²) < 4.78 is 12.4. The standard InChI is InChI=1S/C32H52N2O6/c1-11-16-33(30(9,10)20-29(6,7)8)27(37)25-32-15-14-31(13-3,40-32)24(28(38)39-17-12-2)23(32)26(36)34(25)22(19-35)18-21(4)5/h11-12,21-25,35H,1-2,13-20H2,3-10H3/t22-,23+,24+,25?,31-,32?/m1/s1. The number of ether oxygens (including phenoxy) is 2. The van der Waals surface area contributed by atoms with Crippen LogP contribution in [0.4, 0.5) is 0 Å². The van der Waals surface area contributed by atoms with E-state index >= 15 is 0 Å². The van der Waals surface area contributed by atoms with Crippen molar-refractivity contribution in [3.63, 3.8) is 0 Å². The maximum atomic E-state index is 14.9. The molecule has 8 nitrogen and oxygen atoms in total. The number of hydrogen-bond acceptors (Lipinski definition) is 6. The molecule has 8 heteroatoms. The average molecular weight is 561 g/mol. The first-order valence-corrected chi connectivity index (χ1v) is 14.9. The van der Waals surface area contributed by atoms with Crippen LogP contribution in [0.2, 0.25) is 0 Å². The molecule has 0 aliphatic carbocycles. The van der Waals surface area contributed by atoms with Crippen molar-refractivity contribution in [2.45, 2.75) is 116 Å². The van der Waals surface area contributed by atoms with E-state index in [9.17, 15) is 19.5 Å². The number of carbonyl (C=O) groups is 3. The molecule has 0 aromatic rings. The van der Waals surface area contributed by atoms with Crippen LogP contribution in [0.25, 0.3) is 0 Å². The van der Waals surface area contributed by atoms with E-state index in [2.05, 4.69) is 33.9 Å². The Morgan fingerprint density at radius 3 is 2.35 bits per heavy atom. The van der Waals surface area contributed by atoms with Crippen LogP contribution in [0.3, 0.4) is 0 Å². The summed E-state index contributed by atoms with van der Waals surface area (Å²) in [5.74, 6) is -2.53. The topological polar surface area (TPSA) is 96.4 Å². The summed E-state index contributed by atoms with van der Waals surface area (Å²) in [5.41, 5.74) is -2.67. The number of esters is 1. The van der Waals surface area contributed by atoms with E-state index in [4.69, 9.17) is 9.47 Å². The van der Waals surface area contributed by atoms with E-state index in [1.54, 1.807) is 11.0 Å². The summed E-state index contributed by atoms with van der Waals surface area (Å²) in [6.45, 7) is 24.2. The van der Waals surface area contributed by atoms with E-state index in [1.165, 1.54) is 6.08 Å². The molecule has 226 valence electrons. The predicted octanol–water partition coefficient (Wildman–Crippen LogP) is 4.51. The molecule has 3 fully saturated rings. The Hall–Kier alpha value is -2.19. The van der Waals surface area contributed by atoms with Gasteiger partial charge in [-0.25, -0.2) is 0 Å². The Morgan fingerprint density at radius 1 is 1.20 bits per heavy atom. The molecule has 40 heavy (non-hydrogen) atoms. The van der Waals surface area contributed by atoms with Crippen molar-refractivity contribution < 1.29 is 29.0 Å². The first-order valence-electron chi connectivity index (χ1n) is 14.9. The van der Waals surface area contributed by atoms with Crippen LogP contribution < -0.4 is 0 Å². The average Bonchev–Trinajstić information content (AvgIpc) is 3.46. The molecule has 3 aliphatic heterocycles. The Balaban J connectivity index is 2.20. The zero-order chi connectivity index (χ0) is 30.3. The Bertz CT molecular complexity index is 1000. The lowest BCUT2D eigenvalue weighted by molar-refractivity contribution is -0.164. The van der Waals surface area contributed by atoms with Crippen molar-refractivity contribution >= 4 is 17.8 Å². The molecule has 2 bridgehead atoms. The molecule has 2 amide bonds. The van der Waals surface area contributed by atoms with Crippen LogP contribution >= 0.6 is 0 Å². The summed E-state index contributed by atoms with van der Waals surface area (Å²) in [6.07, 6.45) is 6.02. The van der Waals surface area contributed by atoms with E-state index in [0.29, 0.717) is 32.2 Å². The molecule has 3 saturated heterocycles. The fourth-order valence-corrected chi connectivity index (χ4v) is 8.04. The van der Waals surface area contributed by atoms with Gasteiger partial charge in [-0.05, 0) is 57.3 Å². The van der Waals surface area contributed by atoms with E-state index in [1.807, 2.05) is 39.5 Å². The Kier molecular flexibility index (Phi) is 9.37. The van der Waals surface area contributed by atoms with Gasteiger partial charge in [-0.15, -0.1) is 6.58 Å². The van der Waals surface area contributed by atoms with Crippen LogP contribution in [-0.2, 0) is 23.9 Å². The van der Waals surface area contributed by atoms with E-state index in [-0.39, 0.29) is 36.4 Å². The van der Waals surface area contributed by atoms with Crippen molar-refractivity contribution in [3.05, 3.63) is 25.3 Å². The lowest BCUT2D eigenvalue weighted by atomic mass is 9.65. The summed E-state index contributed by atoms with van der Waals surface area (Å²) in [6, 6.07) is -1.55. The molecule has 0 aromatic carbocycles. The molecule has 0 aromatic heterocycles. The lowest BCUT2D eigenvalue weighted by Gasteiger charge is -2.46. The highest BCUT2D eigenvalue weighted by molar-refractivity contribution is 5.99.